The van der Waals surface area contributed by atoms with E-state index in [9.17, 15) is 4.79 Å². The van der Waals surface area contributed by atoms with E-state index in [2.05, 4.69) is 20.3 Å². The molecule has 0 saturated heterocycles. The molecular weight excluding hydrogens is 354 g/mol. The number of rotatable bonds is 4. The van der Waals surface area contributed by atoms with E-state index in [1.54, 1.807) is 18.5 Å². The highest BCUT2D eigenvalue weighted by Gasteiger charge is 2.10. The van der Waals surface area contributed by atoms with E-state index < -0.39 is 35.6 Å². The lowest BCUT2D eigenvalue weighted by atomic mass is 10.2. The number of pyridine rings is 2. The summed E-state index contributed by atoms with van der Waals surface area (Å²) in [6.07, 6.45) is 3.29. The molecule has 1 N–H and O–H groups in total. The van der Waals surface area contributed by atoms with Gasteiger partial charge in [-0.2, -0.15) is 0 Å². The Hall–Kier alpha value is -3.74. The van der Waals surface area contributed by atoms with Gasteiger partial charge in [-0.05, 0) is 43.2 Å². The Labute approximate surface area is 167 Å². The number of amides is 1. The number of methoxy groups -OCH3 is 1. The lowest BCUT2D eigenvalue weighted by molar-refractivity contribution is 0.102. The van der Waals surface area contributed by atoms with Gasteiger partial charge in [-0.25, -0.2) is 15.0 Å². The zero-order chi connectivity index (χ0) is 23.2. The molecule has 0 saturated carbocycles. The SMILES string of the molecule is [2H]c1c([2H])c(C(=O)Nc2cc3nc(-c4cnc(C)n4C)ccc3cn2)c([2H])c([2H])c1OC. The second-order valence-corrected chi connectivity index (χ2v) is 6.07. The first-order chi connectivity index (χ1) is 15.2. The number of imidazole rings is 1. The number of anilines is 1. The van der Waals surface area contributed by atoms with Gasteiger partial charge in [-0.15, -0.1) is 0 Å². The first kappa shape index (κ1) is 13.4. The average Bonchev–Trinajstić information content (AvgIpc) is 3.11. The highest BCUT2D eigenvalue weighted by atomic mass is 16.5. The van der Waals surface area contributed by atoms with Crippen LogP contribution in [0.1, 0.15) is 21.7 Å². The topological polar surface area (TPSA) is 81.9 Å². The molecule has 0 unspecified atom stereocenters. The first-order valence-corrected chi connectivity index (χ1v) is 8.44. The molecule has 0 atom stereocenters. The average molecular weight is 377 g/mol. The Kier molecular flexibility index (Phi) is 3.41. The fourth-order valence-corrected chi connectivity index (χ4v) is 2.66. The predicted octanol–water partition coefficient (Wildman–Crippen LogP) is 3.60. The Bertz CT molecular complexity index is 1360. The Morgan fingerprint density at radius 1 is 1.18 bits per heavy atom. The van der Waals surface area contributed by atoms with Crippen LogP contribution in [-0.2, 0) is 7.05 Å². The second kappa shape index (κ2) is 7.11. The normalized spacial score (nSPS) is 12.8. The second-order valence-electron chi connectivity index (χ2n) is 6.07. The summed E-state index contributed by atoms with van der Waals surface area (Å²) >= 11 is 0. The Morgan fingerprint density at radius 3 is 2.64 bits per heavy atom. The maximum absolute atomic E-state index is 12.8. The lowest BCUT2D eigenvalue weighted by Crippen LogP contribution is -2.12. The van der Waals surface area contributed by atoms with Gasteiger partial charge in [0.25, 0.3) is 5.91 Å². The van der Waals surface area contributed by atoms with E-state index in [4.69, 9.17) is 10.2 Å². The summed E-state index contributed by atoms with van der Waals surface area (Å²) in [4.78, 5) is 25.9. The monoisotopic (exact) mass is 377 g/mol. The zero-order valence-electron chi connectivity index (χ0n) is 19.5. The maximum Gasteiger partial charge on any atom is 0.256 e. The van der Waals surface area contributed by atoms with E-state index in [1.807, 2.05) is 30.7 Å². The summed E-state index contributed by atoms with van der Waals surface area (Å²) in [6, 6.07) is 3.47. The molecule has 0 bridgehead atoms. The smallest absolute Gasteiger partial charge is 0.256 e. The molecular formula is C21H19N5O2. The molecule has 1 amide bonds. The first-order valence-electron chi connectivity index (χ1n) is 10.4. The van der Waals surface area contributed by atoms with Crippen molar-refractivity contribution in [3.8, 4) is 17.1 Å². The number of aryl methyl sites for hydroxylation is 1. The molecule has 7 nitrogen and oxygen atoms in total. The van der Waals surface area contributed by atoms with Crippen molar-refractivity contribution in [3.63, 3.8) is 0 Å². The maximum atomic E-state index is 12.8. The largest absolute Gasteiger partial charge is 0.497 e. The summed E-state index contributed by atoms with van der Waals surface area (Å²) < 4.78 is 38.9. The van der Waals surface area contributed by atoms with Crippen LogP contribution < -0.4 is 10.1 Å². The number of benzene rings is 1. The number of carbonyl (C=O) groups is 1. The zero-order valence-corrected chi connectivity index (χ0v) is 15.5. The van der Waals surface area contributed by atoms with Crippen molar-refractivity contribution >= 4 is 22.6 Å². The van der Waals surface area contributed by atoms with Crippen LogP contribution in [0.5, 0.6) is 5.75 Å². The van der Waals surface area contributed by atoms with E-state index in [0.29, 0.717) is 11.2 Å². The fraction of sp³-hybridized carbons (Fsp3) is 0.143. The standard InChI is InChI=1S/C21H19N5O2/c1-13-22-12-19(26(13)2)17-9-6-15-11-23-20(10-18(15)24-17)25-21(27)14-4-7-16(28-3)8-5-14/h4-12H,1-3H3,(H,23,25,27)/i4D,5D,7D,8D. The van der Waals surface area contributed by atoms with Crippen molar-refractivity contribution in [1.29, 1.82) is 0 Å². The molecule has 7 heteroatoms. The quantitative estimate of drug-likeness (QED) is 0.588. The van der Waals surface area contributed by atoms with E-state index in [0.717, 1.165) is 16.9 Å². The minimum absolute atomic E-state index is 0.168. The Balaban J connectivity index is 1.71. The third-order valence-corrected chi connectivity index (χ3v) is 4.33. The molecule has 140 valence electrons. The van der Waals surface area contributed by atoms with Crippen molar-refractivity contribution in [3.05, 3.63) is 66.2 Å². The van der Waals surface area contributed by atoms with Gasteiger partial charge in [0.2, 0.25) is 0 Å². The van der Waals surface area contributed by atoms with Crippen molar-refractivity contribution in [1.82, 2.24) is 19.5 Å². The molecule has 3 heterocycles. The molecule has 0 aliphatic heterocycles. The number of ether oxygens (including phenoxy) is 1. The van der Waals surface area contributed by atoms with Gasteiger partial charge in [0.05, 0.1) is 35.7 Å². The summed E-state index contributed by atoms with van der Waals surface area (Å²) in [5.74, 6) is -0.0116. The van der Waals surface area contributed by atoms with Gasteiger partial charge < -0.3 is 14.6 Å². The van der Waals surface area contributed by atoms with Gasteiger partial charge in [-0.3, -0.25) is 4.79 Å². The number of nitrogens with one attached hydrogen (secondary N) is 1. The third kappa shape index (κ3) is 3.29. The Morgan fingerprint density at radius 2 is 1.96 bits per heavy atom. The van der Waals surface area contributed by atoms with E-state index >= 15 is 0 Å². The molecule has 28 heavy (non-hydrogen) atoms. The minimum atomic E-state index is -0.810. The van der Waals surface area contributed by atoms with Crippen molar-refractivity contribution in [2.24, 2.45) is 7.05 Å². The van der Waals surface area contributed by atoms with Gasteiger partial charge in [0.1, 0.15) is 17.4 Å². The predicted molar refractivity (Wildman–Crippen MR) is 107 cm³/mol. The highest BCUT2D eigenvalue weighted by molar-refractivity contribution is 6.04. The molecule has 0 radical (unpaired) electrons. The van der Waals surface area contributed by atoms with Crippen molar-refractivity contribution < 1.29 is 15.0 Å². The van der Waals surface area contributed by atoms with Crippen LogP contribution in [0.3, 0.4) is 0 Å². The van der Waals surface area contributed by atoms with Gasteiger partial charge in [0, 0.05) is 30.3 Å². The van der Waals surface area contributed by atoms with Crippen LogP contribution in [0.15, 0.2) is 54.8 Å². The number of hydrogen-bond donors (Lipinski definition) is 1. The summed E-state index contributed by atoms with van der Waals surface area (Å²) in [6.45, 7) is 1.90. The van der Waals surface area contributed by atoms with Crippen LogP contribution in [-0.4, -0.2) is 32.5 Å². The molecule has 3 aromatic heterocycles. The number of fused-ring (bicyclic) bond motifs is 1. The fourth-order valence-electron chi connectivity index (χ4n) is 2.66. The van der Waals surface area contributed by atoms with E-state index in [1.165, 1.54) is 7.11 Å². The summed E-state index contributed by atoms with van der Waals surface area (Å²) in [5.41, 5.74) is 1.74. The molecule has 1 aromatic carbocycles. The number of carbonyl (C=O) groups excluding carboxylic acids is 1. The van der Waals surface area contributed by atoms with Crippen LogP contribution in [0.25, 0.3) is 22.3 Å². The lowest BCUT2D eigenvalue weighted by Gasteiger charge is -2.08. The highest BCUT2D eigenvalue weighted by Crippen LogP contribution is 2.22. The minimum Gasteiger partial charge on any atom is -0.497 e. The van der Waals surface area contributed by atoms with Crippen LogP contribution >= 0.6 is 0 Å². The summed E-state index contributed by atoms with van der Waals surface area (Å²) in [7, 11) is 3.14. The van der Waals surface area contributed by atoms with Gasteiger partial charge in [-0.1, -0.05) is 0 Å². The molecule has 4 aromatic rings. The van der Waals surface area contributed by atoms with Crippen molar-refractivity contribution in [2.45, 2.75) is 6.92 Å². The third-order valence-electron chi connectivity index (χ3n) is 4.33. The van der Waals surface area contributed by atoms with Gasteiger partial charge >= 0.3 is 0 Å². The molecule has 0 fully saturated rings. The van der Waals surface area contributed by atoms with Crippen LogP contribution in [0, 0.1) is 6.92 Å². The van der Waals surface area contributed by atoms with E-state index in [-0.39, 0.29) is 11.6 Å². The van der Waals surface area contributed by atoms with Gasteiger partial charge in [0.15, 0.2) is 0 Å². The molecule has 0 aliphatic carbocycles. The van der Waals surface area contributed by atoms with Crippen molar-refractivity contribution in [2.75, 3.05) is 12.4 Å². The number of hydrogen-bond acceptors (Lipinski definition) is 5. The number of nitrogens with zero attached hydrogens (tertiary/aromatic N) is 4. The van der Waals surface area contributed by atoms with Crippen LogP contribution in [0.2, 0.25) is 0 Å². The summed E-state index contributed by atoms with van der Waals surface area (Å²) in [5, 5.41) is 3.31. The number of aromatic nitrogens is 4. The molecule has 0 aliphatic rings. The van der Waals surface area contributed by atoms with Crippen LogP contribution in [0.4, 0.5) is 5.82 Å². The molecule has 4 rings (SSSR count). The molecule has 0 spiro atoms.